The van der Waals surface area contributed by atoms with E-state index in [2.05, 4.69) is 35.4 Å². The smallest absolute Gasteiger partial charge is 0.408 e. The van der Waals surface area contributed by atoms with Crippen molar-refractivity contribution in [2.24, 2.45) is 13.0 Å². The SMILES string of the molecule is CCOC(=O)c1cn(C)c2ncc(-c3cnc4[nH]c5c(N(C)C(=O)CNC(=O)CNC(=O)OC(C)(C)C)cc(F)c(F)c5c4c3N3CC[C@@H]4CN(C)C[C@@H]43)cc2c1=O. The Hall–Kier alpha value is -6.17. The van der Waals surface area contributed by atoms with Gasteiger partial charge in [-0.3, -0.25) is 14.4 Å². The number of ether oxygens (including phenoxy) is 2. The molecular formula is C40H45F2N9O7. The highest BCUT2D eigenvalue weighted by Crippen LogP contribution is 2.47. The first-order chi connectivity index (χ1) is 27.5. The number of nitrogens with zero attached hydrogens (tertiary/aromatic N) is 6. The number of aromatic amines is 1. The summed E-state index contributed by atoms with van der Waals surface area (Å²) in [6.07, 6.45) is 4.59. The number of hydrogen-bond donors (Lipinski definition) is 3. The number of pyridine rings is 3. The zero-order chi connectivity index (χ0) is 41.8. The lowest BCUT2D eigenvalue weighted by molar-refractivity contribution is -0.124. The molecule has 1 aromatic carbocycles. The predicted molar refractivity (Wildman–Crippen MR) is 213 cm³/mol. The summed E-state index contributed by atoms with van der Waals surface area (Å²) < 4.78 is 44.0. The van der Waals surface area contributed by atoms with Crippen molar-refractivity contribution in [3.63, 3.8) is 0 Å². The second kappa shape index (κ2) is 15.3. The fourth-order valence-corrected chi connectivity index (χ4v) is 7.97. The van der Waals surface area contributed by atoms with Crippen molar-refractivity contribution in [1.82, 2.24) is 35.1 Å². The predicted octanol–water partition coefficient (Wildman–Crippen LogP) is 3.83. The number of likely N-dealkylation sites (N-methyl/N-ethyl adjacent to an activating group) is 2. The maximum atomic E-state index is 16.4. The number of amides is 3. The average Bonchev–Trinajstić information content (AvgIpc) is 3.86. The van der Waals surface area contributed by atoms with Crippen LogP contribution in [0.3, 0.4) is 0 Å². The summed E-state index contributed by atoms with van der Waals surface area (Å²) in [6, 6.07) is 2.54. The lowest BCUT2D eigenvalue weighted by Gasteiger charge is -2.29. The minimum absolute atomic E-state index is 0.00668. The molecular weight excluding hydrogens is 756 g/mol. The standard InChI is InChI=1S/C40H45F2N9O7/c1-8-57-38(55)24-18-49(6)37-22(35(24)54)11-21(13-45-37)23-14-44-36-31(34(23)51-10-9-20-17-48(5)19-27(20)51)30-32(42)25(41)12-26(33(30)47-36)50(7)29(53)16-43-28(52)15-46-39(56)58-40(2,3)4/h11-14,18,20,27H,8-10,15-17,19H2,1-7H3,(H,43,52)(H,44,47)(H,46,56)/t20-,27+/m1/s1. The fourth-order valence-electron chi connectivity index (χ4n) is 7.97. The number of aryl methyl sites for hydroxylation is 1. The summed E-state index contributed by atoms with van der Waals surface area (Å²) in [7, 11) is 5.07. The molecule has 0 spiro atoms. The Morgan fingerprint density at radius 1 is 1.03 bits per heavy atom. The molecule has 58 heavy (non-hydrogen) atoms. The number of carbonyl (C=O) groups excluding carboxylic acids is 4. The largest absolute Gasteiger partial charge is 0.462 e. The number of hydrogen-bond acceptors (Lipinski definition) is 11. The van der Waals surface area contributed by atoms with Gasteiger partial charge in [-0.05, 0) is 53.1 Å². The second-order valence-corrected chi connectivity index (χ2v) is 15.7. The lowest BCUT2D eigenvalue weighted by atomic mass is 9.99. The normalized spacial score (nSPS) is 16.9. The number of alkyl carbamates (subject to hydrolysis) is 1. The highest BCUT2D eigenvalue weighted by molar-refractivity contribution is 6.19. The minimum atomic E-state index is -1.22. The summed E-state index contributed by atoms with van der Waals surface area (Å²) in [5.41, 5.74) is 0.651. The molecule has 2 saturated heterocycles. The Balaban J connectivity index is 1.33. The van der Waals surface area contributed by atoms with Crippen LogP contribution in [0.2, 0.25) is 0 Å². The molecule has 16 nitrogen and oxygen atoms in total. The number of rotatable bonds is 9. The van der Waals surface area contributed by atoms with Crippen LogP contribution < -0.4 is 25.9 Å². The maximum Gasteiger partial charge on any atom is 0.408 e. The molecule has 0 radical (unpaired) electrons. The van der Waals surface area contributed by atoms with Crippen molar-refractivity contribution < 1.29 is 37.4 Å². The molecule has 18 heteroatoms. The van der Waals surface area contributed by atoms with E-state index >= 15 is 8.78 Å². The quantitative estimate of drug-likeness (QED) is 0.184. The second-order valence-electron chi connectivity index (χ2n) is 15.7. The number of H-pyrrole nitrogens is 1. The monoisotopic (exact) mass is 801 g/mol. The van der Waals surface area contributed by atoms with E-state index < -0.39 is 59.6 Å². The highest BCUT2D eigenvalue weighted by atomic mass is 19.2. The van der Waals surface area contributed by atoms with E-state index in [9.17, 15) is 24.0 Å². The van der Waals surface area contributed by atoms with Gasteiger partial charge in [0, 0.05) is 75.6 Å². The van der Waals surface area contributed by atoms with Gasteiger partial charge in [-0.2, -0.15) is 0 Å². The van der Waals surface area contributed by atoms with E-state index in [1.165, 1.54) is 13.2 Å². The number of anilines is 2. The van der Waals surface area contributed by atoms with Gasteiger partial charge in [0.2, 0.25) is 17.2 Å². The zero-order valence-corrected chi connectivity index (χ0v) is 33.3. The summed E-state index contributed by atoms with van der Waals surface area (Å²) in [4.78, 5) is 82.3. The van der Waals surface area contributed by atoms with Gasteiger partial charge < -0.3 is 44.4 Å². The Morgan fingerprint density at radius 3 is 2.52 bits per heavy atom. The molecule has 2 aliphatic rings. The third-order valence-corrected chi connectivity index (χ3v) is 10.5. The summed E-state index contributed by atoms with van der Waals surface area (Å²) >= 11 is 0. The fraction of sp³-hybridized carbons (Fsp3) is 0.425. The van der Waals surface area contributed by atoms with Crippen molar-refractivity contribution in [2.45, 2.75) is 45.8 Å². The maximum absolute atomic E-state index is 16.4. The van der Waals surface area contributed by atoms with Gasteiger partial charge in [0.1, 0.15) is 29.0 Å². The van der Waals surface area contributed by atoms with Crippen LogP contribution in [-0.4, -0.2) is 113 Å². The Labute approximate surface area is 331 Å². The molecule has 0 bridgehead atoms. The molecule has 4 aromatic heterocycles. The molecule has 5 aromatic rings. The van der Waals surface area contributed by atoms with E-state index in [4.69, 9.17) is 9.47 Å². The van der Waals surface area contributed by atoms with Crippen LogP contribution in [-0.2, 0) is 26.1 Å². The van der Waals surface area contributed by atoms with Gasteiger partial charge in [0.15, 0.2) is 11.6 Å². The number of esters is 1. The summed E-state index contributed by atoms with van der Waals surface area (Å²) in [5, 5.41) is 5.04. The summed E-state index contributed by atoms with van der Waals surface area (Å²) in [6.45, 7) is 7.95. The lowest BCUT2D eigenvalue weighted by Crippen LogP contribution is -2.43. The molecule has 7 rings (SSSR count). The van der Waals surface area contributed by atoms with Gasteiger partial charge in [-0.25, -0.2) is 28.3 Å². The van der Waals surface area contributed by atoms with Crippen molar-refractivity contribution in [2.75, 3.05) is 63.2 Å². The Kier molecular flexibility index (Phi) is 10.6. The van der Waals surface area contributed by atoms with Crippen molar-refractivity contribution >= 4 is 68.2 Å². The van der Waals surface area contributed by atoms with Crippen LogP contribution in [0.1, 0.15) is 44.5 Å². The number of likely N-dealkylation sites (tertiary alicyclic amines) is 1. The molecule has 2 aliphatic heterocycles. The van der Waals surface area contributed by atoms with Gasteiger partial charge in [0.25, 0.3) is 0 Å². The molecule has 0 unspecified atom stereocenters. The molecule has 0 saturated carbocycles. The number of carbonyl (C=O) groups is 4. The number of benzene rings is 1. The van der Waals surface area contributed by atoms with Crippen LogP contribution in [0, 0.1) is 17.6 Å². The molecule has 306 valence electrons. The van der Waals surface area contributed by atoms with Crippen molar-refractivity contribution in [3.8, 4) is 11.1 Å². The van der Waals surface area contributed by atoms with Gasteiger partial charge in [-0.15, -0.1) is 0 Å². The third-order valence-electron chi connectivity index (χ3n) is 10.5. The molecule has 0 aliphatic carbocycles. The van der Waals surface area contributed by atoms with E-state index in [1.807, 2.05) is 7.05 Å². The first kappa shape index (κ1) is 40.0. The first-order valence-electron chi connectivity index (χ1n) is 18.9. The first-order valence-corrected chi connectivity index (χ1v) is 18.9. The molecule has 2 fully saturated rings. The average molecular weight is 802 g/mol. The van der Waals surface area contributed by atoms with Crippen molar-refractivity contribution in [1.29, 1.82) is 0 Å². The molecule has 3 amide bonds. The van der Waals surface area contributed by atoms with E-state index in [0.29, 0.717) is 41.5 Å². The summed E-state index contributed by atoms with van der Waals surface area (Å²) in [5.74, 6) is -4.16. The van der Waals surface area contributed by atoms with Crippen LogP contribution in [0.4, 0.5) is 25.0 Å². The van der Waals surface area contributed by atoms with Gasteiger partial charge in [-0.1, -0.05) is 0 Å². The van der Waals surface area contributed by atoms with Crippen LogP contribution in [0.15, 0.2) is 35.5 Å². The third kappa shape index (κ3) is 7.39. The van der Waals surface area contributed by atoms with E-state index in [0.717, 1.165) is 23.9 Å². The molecule has 3 N–H and O–H groups in total. The van der Waals surface area contributed by atoms with Crippen LogP contribution in [0.25, 0.3) is 44.1 Å². The van der Waals surface area contributed by atoms with E-state index in [-0.39, 0.29) is 51.2 Å². The number of fused-ring (bicyclic) bond motifs is 5. The topological polar surface area (TPSA) is 184 Å². The van der Waals surface area contributed by atoms with Gasteiger partial charge >= 0.3 is 12.1 Å². The van der Waals surface area contributed by atoms with E-state index in [1.54, 1.807) is 57.8 Å². The minimum Gasteiger partial charge on any atom is -0.462 e. The number of aromatic nitrogens is 4. The van der Waals surface area contributed by atoms with Crippen LogP contribution in [0.5, 0.6) is 0 Å². The Bertz CT molecular complexity index is 2570. The Morgan fingerprint density at radius 2 is 1.79 bits per heavy atom. The number of nitrogens with one attached hydrogen (secondary N) is 3. The molecule has 2 atom stereocenters. The molecule has 6 heterocycles. The van der Waals surface area contributed by atoms with Gasteiger partial charge in [0.05, 0.1) is 46.2 Å². The highest BCUT2D eigenvalue weighted by Gasteiger charge is 2.42. The van der Waals surface area contributed by atoms with Crippen LogP contribution >= 0.6 is 0 Å². The zero-order valence-electron chi connectivity index (χ0n) is 33.3. The van der Waals surface area contributed by atoms with Crippen molar-refractivity contribution in [3.05, 3.63) is 58.1 Å². The number of halogens is 2.